The zero-order chi connectivity index (χ0) is 18.4. The second kappa shape index (κ2) is 6.74. The highest BCUT2D eigenvalue weighted by Gasteiger charge is 2.21. The van der Waals surface area contributed by atoms with Crippen molar-refractivity contribution < 1.29 is 0 Å². The molecule has 2 aromatic carbocycles. The number of aryl methyl sites for hydroxylation is 1. The van der Waals surface area contributed by atoms with Crippen LogP contribution in [0.5, 0.6) is 0 Å². The van der Waals surface area contributed by atoms with Gasteiger partial charge in [0, 0.05) is 45.2 Å². The number of piperazine rings is 1. The zero-order valence-electron chi connectivity index (χ0n) is 15.1. The highest BCUT2D eigenvalue weighted by molar-refractivity contribution is 7.16. The summed E-state index contributed by atoms with van der Waals surface area (Å²) in [6, 6.07) is 14.9. The summed E-state index contributed by atoms with van der Waals surface area (Å²) in [4.78, 5) is 16.8. The summed E-state index contributed by atoms with van der Waals surface area (Å²) in [5, 5.41) is 1.26. The van der Waals surface area contributed by atoms with Gasteiger partial charge in [0.2, 0.25) is 0 Å². The van der Waals surface area contributed by atoms with Gasteiger partial charge in [0.15, 0.2) is 0 Å². The first-order chi connectivity index (χ1) is 13.2. The van der Waals surface area contributed by atoms with E-state index in [2.05, 4.69) is 52.3 Å². The molecule has 138 valence electrons. The monoisotopic (exact) mass is 396 g/mol. The molecule has 2 aromatic heterocycles. The number of hydrogen-bond donors (Lipinski definition) is 0. The predicted molar refractivity (Wildman–Crippen MR) is 114 cm³/mol. The van der Waals surface area contributed by atoms with Crippen molar-refractivity contribution in [1.29, 1.82) is 0 Å². The van der Waals surface area contributed by atoms with Gasteiger partial charge in [-0.1, -0.05) is 29.5 Å². The maximum Gasteiger partial charge on any atom is 0.307 e. The van der Waals surface area contributed by atoms with Gasteiger partial charge in [-0.25, -0.2) is 0 Å². The van der Waals surface area contributed by atoms with Crippen LogP contribution in [-0.2, 0) is 13.6 Å². The Balaban J connectivity index is 1.29. The van der Waals surface area contributed by atoms with Crippen LogP contribution < -0.4 is 9.77 Å². The van der Waals surface area contributed by atoms with Crippen molar-refractivity contribution in [2.75, 3.05) is 31.1 Å². The van der Waals surface area contributed by atoms with Crippen molar-refractivity contribution in [2.24, 2.45) is 7.05 Å². The molecule has 0 aliphatic carbocycles. The van der Waals surface area contributed by atoms with Crippen molar-refractivity contribution in [3.05, 3.63) is 57.7 Å². The standard InChI is InChI=1S/C20H20N4OS2/c1-22-16-7-6-14(12-18(16)26-20(22)25)13-23-8-10-24(11-9-23)19-15-4-2-3-5-17(15)27-21-19/h2-7,12H,8-11,13H2,1H3. The molecule has 5 nitrogen and oxygen atoms in total. The van der Waals surface area contributed by atoms with Crippen LogP contribution in [-0.4, -0.2) is 40.0 Å². The molecule has 1 aliphatic heterocycles. The fraction of sp³-hybridized carbons (Fsp3) is 0.300. The molecule has 1 aliphatic rings. The summed E-state index contributed by atoms with van der Waals surface area (Å²) in [5.74, 6) is 1.13. The average Bonchev–Trinajstić information content (AvgIpc) is 3.24. The van der Waals surface area contributed by atoms with Crippen molar-refractivity contribution in [3.8, 4) is 0 Å². The van der Waals surface area contributed by atoms with E-state index in [4.69, 9.17) is 4.37 Å². The first-order valence-corrected chi connectivity index (χ1v) is 10.7. The zero-order valence-corrected chi connectivity index (χ0v) is 16.7. The molecule has 4 aromatic rings. The van der Waals surface area contributed by atoms with Crippen LogP contribution >= 0.6 is 22.9 Å². The Morgan fingerprint density at radius 3 is 2.70 bits per heavy atom. The highest BCUT2D eigenvalue weighted by atomic mass is 32.1. The van der Waals surface area contributed by atoms with Crippen LogP contribution in [0, 0.1) is 0 Å². The summed E-state index contributed by atoms with van der Waals surface area (Å²) >= 11 is 2.91. The molecule has 0 bridgehead atoms. The quantitative estimate of drug-likeness (QED) is 0.531. The molecule has 0 unspecified atom stereocenters. The summed E-state index contributed by atoms with van der Waals surface area (Å²) in [7, 11) is 1.84. The summed E-state index contributed by atoms with van der Waals surface area (Å²) in [6.45, 7) is 4.96. The van der Waals surface area contributed by atoms with Gasteiger partial charge in [-0.3, -0.25) is 9.69 Å². The molecule has 0 amide bonds. The lowest BCUT2D eigenvalue weighted by Gasteiger charge is -2.35. The Morgan fingerprint density at radius 1 is 1.04 bits per heavy atom. The largest absolute Gasteiger partial charge is 0.353 e. The molecule has 0 radical (unpaired) electrons. The van der Waals surface area contributed by atoms with E-state index in [1.165, 1.54) is 27.0 Å². The number of aromatic nitrogens is 2. The normalized spacial score (nSPS) is 15.8. The van der Waals surface area contributed by atoms with Crippen molar-refractivity contribution in [1.82, 2.24) is 13.8 Å². The Labute approximate surface area is 165 Å². The summed E-state index contributed by atoms with van der Waals surface area (Å²) < 4.78 is 8.75. The Bertz CT molecular complexity index is 1170. The fourth-order valence-corrected chi connectivity index (χ4v) is 5.49. The number of anilines is 1. The van der Waals surface area contributed by atoms with E-state index >= 15 is 0 Å². The Morgan fingerprint density at radius 2 is 1.85 bits per heavy atom. The summed E-state index contributed by atoms with van der Waals surface area (Å²) in [6.07, 6.45) is 0. The first kappa shape index (κ1) is 16.9. The van der Waals surface area contributed by atoms with E-state index in [0.29, 0.717) is 0 Å². The Hall–Kier alpha value is -2.22. The fourth-order valence-electron chi connectivity index (χ4n) is 3.75. The SMILES string of the molecule is Cn1c(=O)sc2cc(CN3CCN(c4nsc5ccccc45)CC3)ccc21. The van der Waals surface area contributed by atoms with Crippen LogP contribution in [0.2, 0.25) is 0 Å². The van der Waals surface area contributed by atoms with E-state index in [9.17, 15) is 4.79 Å². The minimum absolute atomic E-state index is 0.103. The maximum atomic E-state index is 11.8. The minimum Gasteiger partial charge on any atom is -0.353 e. The van der Waals surface area contributed by atoms with Crippen LogP contribution in [0.1, 0.15) is 5.56 Å². The van der Waals surface area contributed by atoms with Gasteiger partial charge >= 0.3 is 4.87 Å². The molecule has 0 spiro atoms. The molecule has 7 heteroatoms. The van der Waals surface area contributed by atoms with Crippen LogP contribution in [0.3, 0.4) is 0 Å². The average molecular weight is 397 g/mol. The van der Waals surface area contributed by atoms with Crippen molar-refractivity contribution in [3.63, 3.8) is 0 Å². The third-order valence-corrected chi connectivity index (χ3v) is 7.11. The number of hydrogen-bond acceptors (Lipinski definition) is 6. The summed E-state index contributed by atoms with van der Waals surface area (Å²) in [5.41, 5.74) is 2.30. The molecule has 0 saturated carbocycles. The minimum atomic E-state index is 0.103. The lowest BCUT2D eigenvalue weighted by molar-refractivity contribution is 0.250. The number of rotatable bonds is 3. The van der Waals surface area contributed by atoms with E-state index in [1.54, 1.807) is 16.1 Å². The number of nitrogens with zero attached hydrogens (tertiary/aromatic N) is 4. The molecule has 1 fully saturated rings. The lowest BCUT2D eigenvalue weighted by Crippen LogP contribution is -2.46. The first-order valence-electron chi connectivity index (χ1n) is 9.09. The molecular weight excluding hydrogens is 376 g/mol. The van der Waals surface area contributed by atoms with Crippen molar-refractivity contribution >= 4 is 49.0 Å². The van der Waals surface area contributed by atoms with Gasteiger partial charge in [0.05, 0.1) is 14.9 Å². The van der Waals surface area contributed by atoms with E-state index < -0.39 is 0 Å². The predicted octanol–water partition coefficient (Wildman–Crippen LogP) is 3.53. The van der Waals surface area contributed by atoms with E-state index in [-0.39, 0.29) is 4.87 Å². The van der Waals surface area contributed by atoms with Gasteiger partial charge in [-0.2, -0.15) is 4.37 Å². The van der Waals surface area contributed by atoms with Gasteiger partial charge in [0.25, 0.3) is 0 Å². The second-order valence-corrected chi connectivity index (χ2v) is 8.79. The second-order valence-electron chi connectivity index (χ2n) is 6.99. The molecular formula is C20H20N4OS2. The number of thiazole rings is 1. The maximum absolute atomic E-state index is 11.8. The highest BCUT2D eigenvalue weighted by Crippen LogP contribution is 2.30. The van der Waals surface area contributed by atoms with Gasteiger partial charge in [0.1, 0.15) is 5.82 Å². The van der Waals surface area contributed by atoms with Crippen molar-refractivity contribution in [2.45, 2.75) is 6.54 Å². The van der Waals surface area contributed by atoms with E-state index in [1.807, 2.05) is 7.05 Å². The van der Waals surface area contributed by atoms with Crippen LogP contribution in [0.25, 0.3) is 20.3 Å². The molecule has 0 N–H and O–H groups in total. The molecule has 5 rings (SSSR count). The molecule has 1 saturated heterocycles. The molecule has 0 atom stereocenters. The molecule has 27 heavy (non-hydrogen) atoms. The van der Waals surface area contributed by atoms with Crippen LogP contribution in [0.15, 0.2) is 47.3 Å². The molecule has 3 heterocycles. The number of benzene rings is 2. The Kier molecular flexibility index (Phi) is 4.22. The van der Waals surface area contributed by atoms with Gasteiger partial charge in [-0.15, -0.1) is 0 Å². The van der Waals surface area contributed by atoms with Gasteiger partial charge in [-0.05, 0) is 41.4 Å². The topological polar surface area (TPSA) is 41.4 Å². The van der Waals surface area contributed by atoms with Crippen LogP contribution in [0.4, 0.5) is 5.82 Å². The third-order valence-electron chi connectivity index (χ3n) is 5.29. The van der Waals surface area contributed by atoms with Gasteiger partial charge < -0.3 is 9.47 Å². The third kappa shape index (κ3) is 3.05. The lowest BCUT2D eigenvalue weighted by atomic mass is 10.2. The van der Waals surface area contributed by atoms with E-state index in [0.717, 1.165) is 48.8 Å². The number of fused-ring (bicyclic) bond motifs is 2. The smallest absolute Gasteiger partial charge is 0.307 e.